The number of hydrogen-bond acceptors (Lipinski definition) is 15. The molecule has 288 valence electrons. The van der Waals surface area contributed by atoms with Gasteiger partial charge in [0.1, 0.15) is 29.6 Å². The van der Waals surface area contributed by atoms with E-state index in [0.717, 1.165) is 25.6 Å². The first-order valence-corrected chi connectivity index (χ1v) is 18.3. The zero-order valence-electron chi connectivity index (χ0n) is 30.5. The number of hydrogen-bond donors (Lipinski definition) is 5. The number of thioether (sulfide) groups is 1. The normalized spacial score (nSPS) is 36.2. The molecule has 1 aliphatic heterocycles. The average Bonchev–Trinajstić information content (AvgIpc) is 3.58. The Bertz CT molecular complexity index is 1620. The summed E-state index contributed by atoms with van der Waals surface area (Å²) in [5, 5.41) is 50.3. The summed E-state index contributed by atoms with van der Waals surface area (Å²) in [4.78, 5) is 66.6. The van der Waals surface area contributed by atoms with Crippen molar-refractivity contribution in [1.82, 2.24) is 5.32 Å². The molecule has 16 heteroatoms. The third-order valence-electron chi connectivity index (χ3n) is 11.5. The zero-order chi connectivity index (χ0) is 38.7. The van der Waals surface area contributed by atoms with Crippen molar-refractivity contribution in [2.24, 2.45) is 22.7 Å². The number of aliphatic hydroxyl groups excluding tert-OH is 3. The van der Waals surface area contributed by atoms with Crippen LogP contribution in [0.3, 0.4) is 0 Å². The fourth-order valence-electron chi connectivity index (χ4n) is 8.67. The van der Waals surface area contributed by atoms with Gasteiger partial charge in [0.05, 0.1) is 30.5 Å². The molecular weight excluding hydrogens is 702 g/mol. The Hall–Kier alpha value is -3.28. The van der Waals surface area contributed by atoms with Gasteiger partial charge in [-0.2, -0.15) is 0 Å². The molecule has 1 aromatic rings. The van der Waals surface area contributed by atoms with E-state index in [2.05, 4.69) is 5.32 Å². The van der Waals surface area contributed by atoms with Crippen LogP contribution in [0.4, 0.5) is 4.79 Å². The van der Waals surface area contributed by atoms with Gasteiger partial charge >= 0.3 is 17.9 Å². The number of carbonyl (C=O) groups excluding carboxylic acids is 5. The molecule has 2 saturated carbocycles. The molecule has 1 amide bonds. The van der Waals surface area contributed by atoms with E-state index in [9.17, 15) is 44.4 Å². The van der Waals surface area contributed by atoms with Gasteiger partial charge in [-0.3, -0.25) is 19.2 Å². The molecule has 52 heavy (non-hydrogen) atoms. The molecule has 2 heterocycles. The molecule has 0 unspecified atom stereocenters. The van der Waals surface area contributed by atoms with Crippen LogP contribution in [0.25, 0.3) is 0 Å². The first-order valence-electron chi connectivity index (χ1n) is 17.3. The summed E-state index contributed by atoms with van der Waals surface area (Å²) in [5.41, 5.74) is -7.29. The van der Waals surface area contributed by atoms with Gasteiger partial charge in [-0.25, -0.2) is 4.79 Å². The first kappa shape index (κ1) is 39.9. The van der Waals surface area contributed by atoms with Crippen molar-refractivity contribution in [3.8, 4) is 0 Å². The van der Waals surface area contributed by atoms with E-state index in [-0.39, 0.29) is 35.9 Å². The molecule has 3 aliphatic carbocycles. The van der Waals surface area contributed by atoms with Crippen molar-refractivity contribution in [3.63, 3.8) is 0 Å². The molecule has 5 rings (SSSR count). The molecular formula is C36H49NO14S. The Balaban J connectivity index is 1.60. The standard InChI is InChI=1S/C36H49NO14S/c1-16(2)14-52-32(45)37-25(20-10-9-11-47-20)26(41)31(44)50-21-13-36(46)30(43)28-34(8,22(40)12-23-35(28,15-48-23)51-19(5)39)29(42)27(49-18(4)38)24(17(21)3)33(36,6)7/h9-11,16,21-23,25-28,30,40-41,43,46H,12-15H2,1-8H3,(H,37,45)/t21-,22-,23+,25-,26+,27+,28-,30-,34+,35-,36+/m0/s1. The van der Waals surface area contributed by atoms with E-state index in [1.165, 1.54) is 46.1 Å². The van der Waals surface area contributed by atoms with Gasteiger partial charge in [0.15, 0.2) is 23.6 Å². The minimum atomic E-state index is -2.31. The lowest BCUT2D eigenvalue weighted by Gasteiger charge is -2.67. The third-order valence-corrected chi connectivity index (χ3v) is 12.7. The monoisotopic (exact) mass is 751 g/mol. The number of esters is 3. The highest BCUT2D eigenvalue weighted by molar-refractivity contribution is 8.13. The Labute approximate surface area is 305 Å². The lowest BCUT2D eigenvalue weighted by atomic mass is 9.44. The number of furan rings is 1. The highest BCUT2D eigenvalue weighted by Gasteiger charge is 2.77. The number of Topliss-reactive ketones (excluding diaryl/α,β-unsaturated/α-hetero) is 1. The van der Waals surface area contributed by atoms with Gasteiger partial charge in [-0.15, -0.1) is 0 Å². The minimum absolute atomic E-state index is 0.0224. The Kier molecular flexibility index (Phi) is 10.9. The largest absolute Gasteiger partial charge is 0.467 e. The van der Waals surface area contributed by atoms with Gasteiger partial charge in [-0.1, -0.05) is 39.5 Å². The molecule has 11 atom stereocenters. The number of nitrogens with one attached hydrogen (secondary N) is 1. The van der Waals surface area contributed by atoms with Gasteiger partial charge in [-0.05, 0) is 43.0 Å². The van der Waals surface area contributed by atoms with Crippen LogP contribution >= 0.6 is 11.8 Å². The second-order valence-electron chi connectivity index (χ2n) is 15.5. The van der Waals surface area contributed by atoms with Crippen molar-refractivity contribution in [2.75, 3.05) is 12.4 Å². The molecule has 1 aromatic heterocycles. The molecule has 0 spiro atoms. The summed E-state index contributed by atoms with van der Waals surface area (Å²) >= 11 is 0.958. The van der Waals surface area contributed by atoms with Gasteiger partial charge in [0.2, 0.25) is 0 Å². The molecule has 0 radical (unpaired) electrons. The van der Waals surface area contributed by atoms with Crippen molar-refractivity contribution in [3.05, 3.63) is 35.3 Å². The van der Waals surface area contributed by atoms with Crippen molar-refractivity contribution < 1.29 is 67.8 Å². The fraction of sp³-hybridized carbons (Fsp3) is 0.694. The molecule has 4 aliphatic rings. The number of rotatable bonds is 9. The molecule has 3 fully saturated rings. The number of fused-ring (bicyclic) bond motifs is 5. The highest BCUT2D eigenvalue weighted by atomic mass is 32.2. The predicted octanol–water partition coefficient (Wildman–Crippen LogP) is 2.13. The van der Waals surface area contributed by atoms with E-state index in [4.69, 9.17) is 23.4 Å². The van der Waals surface area contributed by atoms with Crippen LogP contribution in [0, 0.1) is 22.7 Å². The van der Waals surface area contributed by atoms with Crippen LogP contribution in [0.2, 0.25) is 0 Å². The smallest absolute Gasteiger partial charge is 0.338 e. The maximum absolute atomic E-state index is 14.9. The lowest BCUT2D eigenvalue weighted by Crippen LogP contribution is -2.81. The summed E-state index contributed by atoms with van der Waals surface area (Å²) in [6, 6.07) is 1.60. The van der Waals surface area contributed by atoms with E-state index in [1.54, 1.807) is 0 Å². The van der Waals surface area contributed by atoms with Crippen molar-refractivity contribution in [1.29, 1.82) is 0 Å². The molecule has 0 aromatic carbocycles. The highest BCUT2D eigenvalue weighted by Crippen LogP contribution is 2.63. The summed E-state index contributed by atoms with van der Waals surface area (Å²) in [6.45, 7) is 11.8. The number of aliphatic hydroxyl groups is 4. The summed E-state index contributed by atoms with van der Waals surface area (Å²) < 4.78 is 28.5. The summed E-state index contributed by atoms with van der Waals surface area (Å²) in [7, 11) is 0. The fourth-order valence-corrected chi connectivity index (χ4v) is 9.36. The van der Waals surface area contributed by atoms with Gasteiger partial charge < -0.3 is 49.1 Å². The van der Waals surface area contributed by atoms with Crippen LogP contribution in [-0.4, -0.2) is 110 Å². The second-order valence-corrected chi connectivity index (χ2v) is 16.5. The summed E-state index contributed by atoms with van der Waals surface area (Å²) in [5.74, 6) is -4.47. The van der Waals surface area contributed by atoms with Crippen LogP contribution in [0.1, 0.15) is 80.0 Å². The van der Waals surface area contributed by atoms with E-state index in [0.29, 0.717) is 5.75 Å². The van der Waals surface area contributed by atoms with E-state index < -0.39 is 106 Å². The van der Waals surface area contributed by atoms with Crippen LogP contribution in [0.15, 0.2) is 34.0 Å². The minimum Gasteiger partial charge on any atom is -0.467 e. The lowest BCUT2D eigenvalue weighted by molar-refractivity contribution is -0.346. The average molecular weight is 752 g/mol. The van der Waals surface area contributed by atoms with Crippen LogP contribution < -0.4 is 5.32 Å². The van der Waals surface area contributed by atoms with Crippen LogP contribution in [0.5, 0.6) is 0 Å². The van der Waals surface area contributed by atoms with Crippen LogP contribution in [-0.2, 0) is 38.1 Å². The maximum atomic E-state index is 14.9. The van der Waals surface area contributed by atoms with E-state index >= 15 is 0 Å². The second kappa shape index (κ2) is 14.2. The molecule has 1 saturated heterocycles. The van der Waals surface area contributed by atoms with Gasteiger partial charge in [0.25, 0.3) is 5.24 Å². The predicted molar refractivity (Wildman–Crippen MR) is 182 cm³/mol. The number of amides is 1. The molecule has 5 N–H and O–H groups in total. The van der Waals surface area contributed by atoms with Gasteiger partial charge in [0, 0.05) is 43.8 Å². The summed E-state index contributed by atoms with van der Waals surface area (Å²) in [6.07, 6.45) is -8.91. The zero-order valence-corrected chi connectivity index (χ0v) is 31.4. The third kappa shape index (κ3) is 6.38. The Morgan fingerprint density at radius 3 is 2.31 bits per heavy atom. The molecule has 15 nitrogen and oxygen atoms in total. The quantitative estimate of drug-likeness (QED) is 0.138. The topological polar surface area (TPSA) is 228 Å². The first-order chi connectivity index (χ1) is 24.1. The maximum Gasteiger partial charge on any atom is 0.338 e. The van der Waals surface area contributed by atoms with Crippen molar-refractivity contribution in [2.45, 2.75) is 122 Å². The van der Waals surface area contributed by atoms with Crippen molar-refractivity contribution >= 4 is 40.7 Å². The number of carbonyl (C=O) groups is 5. The number of ether oxygens (including phenoxy) is 4. The molecule has 2 bridgehead atoms. The van der Waals surface area contributed by atoms with E-state index in [1.807, 2.05) is 13.8 Å². The number of ketones is 1. The Morgan fingerprint density at radius 1 is 1.10 bits per heavy atom. The Morgan fingerprint density at radius 2 is 1.77 bits per heavy atom. The SMILES string of the molecule is CC(=O)O[C@H]1C(=O)[C@@]2(C)[C@H]([C@H](O)[C@]3(O)C[C@H](OC(=O)[C@H](O)[C@@H](NC(=O)SCC(C)C)c4ccco4)C(C)=C1C3(C)C)[C@]1(OC(C)=O)CO[C@@H]1C[C@@H]2O.